The molecule has 2 amide bonds. The van der Waals surface area contributed by atoms with Crippen molar-refractivity contribution in [2.45, 2.75) is 64.6 Å². The highest BCUT2D eigenvalue weighted by atomic mass is 32.2. The van der Waals surface area contributed by atoms with Gasteiger partial charge in [0.1, 0.15) is 12.6 Å². The van der Waals surface area contributed by atoms with Crippen LogP contribution in [-0.4, -0.2) is 43.8 Å². The number of hydrogen-bond donors (Lipinski definition) is 1. The number of nitrogens with zero attached hydrogens (tertiary/aromatic N) is 2. The minimum absolute atomic E-state index is 0.0517. The molecule has 202 valence electrons. The molecular formula is C30H37N3O4S. The Bertz CT molecular complexity index is 1340. The molecule has 0 saturated heterocycles. The van der Waals surface area contributed by atoms with E-state index >= 15 is 0 Å². The van der Waals surface area contributed by atoms with Crippen LogP contribution in [0.4, 0.5) is 5.69 Å². The molecule has 0 radical (unpaired) electrons. The number of aryl methyl sites for hydroxylation is 2. The first-order valence-corrected chi connectivity index (χ1v) is 14.3. The van der Waals surface area contributed by atoms with Gasteiger partial charge in [0.05, 0.1) is 10.6 Å². The number of carbonyl (C=O) groups is 2. The molecule has 0 fully saturated rings. The number of carbonyl (C=O) groups excluding carboxylic acids is 2. The third kappa shape index (κ3) is 7.01. The van der Waals surface area contributed by atoms with Crippen LogP contribution in [0, 0.1) is 13.8 Å². The maximum Gasteiger partial charge on any atom is 0.264 e. The molecule has 2 atom stereocenters. The molecule has 0 aliphatic rings. The number of benzene rings is 3. The Morgan fingerprint density at radius 1 is 0.868 bits per heavy atom. The zero-order valence-corrected chi connectivity index (χ0v) is 23.5. The summed E-state index contributed by atoms with van der Waals surface area (Å²) in [6.45, 7) is 9.11. The van der Waals surface area contributed by atoms with Gasteiger partial charge in [-0.1, -0.05) is 61.5 Å². The van der Waals surface area contributed by atoms with Crippen LogP contribution in [0.5, 0.6) is 0 Å². The van der Waals surface area contributed by atoms with Crippen molar-refractivity contribution >= 4 is 27.5 Å². The molecular weight excluding hydrogens is 498 g/mol. The lowest BCUT2D eigenvalue weighted by Gasteiger charge is -2.32. The predicted molar refractivity (Wildman–Crippen MR) is 151 cm³/mol. The molecule has 0 aliphatic carbocycles. The summed E-state index contributed by atoms with van der Waals surface area (Å²) in [4.78, 5) is 28.5. The van der Waals surface area contributed by atoms with Crippen LogP contribution in [0.15, 0.2) is 83.8 Å². The second kappa shape index (κ2) is 12.7. The summed E-state index contributed by atoms with van der Waals surface area (Å²) in [6.07, 6.45) is 0.751. The van der Waals surface area contributed by atoms with E-state index in [4.69, 9.17) is 0 Å². The van der Waals surface area contributed by atoms with E-state index in [0.717, 1.165) is 27.4 Å². The van der Waals surface area contributed by atoms with Gasteiger partial charge in [-0.2, -0.15) is 0 Å². The lowest BCUT2D eigenvalue weighted by atomic mass is 10.1. The number of hydrogen-bond acceptors (Lipinski definition) is 4. The van der Waals surface area contributed by atoms with Crippen molar-refractivity contribution in [3.8, 4) is 0 Å². The van der Waals surface area contributed by atoms with E-state index in [9.17, 15) is 18.0 Å². The van der Waals surface area contributed by atoms with Gasteiger partial charge >= 0.3 is 0 Å². The van der Waals surface area contributed by atoms with Crippen molar-refractivity contribution in [3.05, 3.63) is 95.6 Å². The molecule has 0 spiro atoms. The summed E-state index contributed by atoms with van der Waals surface area (Å²) in [5.74, 6) is -0.759. The molecule has 0 saturated carbocycles. The van der Waals surface area contributed by atoms with Gasteiger partial charge in [-0.05, 0) is 75.1 Å². The second-order valence-electron chi connectivity index (χ2n) is 9.59. The van der Waals surface area contributed by atoms with Gasteiger partial charge in [0.15, 0.2) is 0 Å². The minimum atomic E-state index is -4.07. The van der Waals surface area contributed by atoms with E-state index in [2.05, 4.69) is 5.32 Å². The van der Waals surface area contributed by atoms with E-state index < -0.39 is 28.5 Å². The first kappa shape index (κ1) is 28.9. The number of rotatable bonds is 11. The molecule has 7 nitrogen and oxygen atoms in total. The van der Waals surface area contributed by atoms with Crippen molar-refractivity contribution in [3.63, 3.8) is 0 Å². The van der Waals surface area contributed by atoms with Crippen LogP contribution in [0.3, 0.4) is 0 Å². The quantitative estimate of drug-likeness (QED) is 0.381. The van der Waals surface area contributed by atoms with Gasteiger partial charge in [-0.15, -0.1) is 0 Å². The molecule has 38 heavy (non-hydrogen) atoms. The highest BCUT2D eigenvalue weighted by Crippen LogP contribution is 2.26. The summed E-state index contributed by atoms with van der Waals surface area (Å²) < 4.78 is 28.8. The van der Waals surface area contributed by atoms with Crippen molar-refractivity contribution in [1.29, 1.82) is 0 Å². The summed E-state index contributed by atoms with van der Waals surface area (Å²) in [6, 6.07) is 21.9. The Morgan fingerprint density at radius 3 is 2.05 bits per heavy atom. The third-order valence-corrected chi connectivity index (χ3v) is 8.54. The van der Waals surface area contributed by atoms with Gasteiger partial charge in [0.2, 0.25) is 11.8 Å². The van der Waals surface area contributed by atoms with Crippen LogP contribution >= 0.6 is 0 Å². The van der Waals surface area contributed by atoms with E-state index in [0.29, 0.717) is 5.69 Å². The van der Waals surface area contributed by atoms with Crippen molar-refractivity contribution < 1.29 is 18.0 Å². The van der Waals surface area contributed by atoms with Gasteiger partial charge in [-0.25, -0.2) is 8.42 Å². The largest absolute Gasteiger partial charge is 0.352 e. The standard InChI is InChI=1S/C30H37N3O4S/c1-6-24(4)31-30(35)25(5)32(20-26-13-9-7-10-14-26)29(34)21-33(27-18-17-22(2)23(3)19-27)38(36,37)28-15-11-8-12-16-28/h7-19,24-25H,6,20-21H2,1-5H3,(H,31,35). The molecule has 8 heteroatoms. The SMILES string of the molecule is CCC(C)NC(=O)C(C)N(Cc1ccccc1)C(=O)CN(c1ccc(C)c(C)c1)S(=O)(=O)c1ccccc1. The normalized spacial score (nSPS) is 12.9. The van der Waals surface area contributed by atoms with Crippen LogP contribution in [0.25, 0.3) is 0 Å². The minimum Gasteiger partial charge on any atom is -0.352 e. The molecule has 0 bridgehead atoms. The Balaban J connectivity index is 2.02. The number of nitrogens with one attached hydrogen (secondary N) is 1. The molecule has 3 aromatic carbocycles. The fourth-order valence-corrected chi connectivity index (χ4v) is 5.38. The summed E-state index contributed by atoms with van der Waals surface area (Å²) >= 11 is 0. The average Bonchev–Trinajstić information content (AvgIpc) is 2.92. The molecule has 0 aliphatic heterocycles. The van der Waals surface area contributed by atoms with Crippen LogP contribution in [0.2, 0.25) is 0 Å². The van der Waals surface area contributed by atoms with Crippen molar-refractivity contribution in [2.75, 3.05) is 10.8 Å². The van der Waals surface area contributed by atoms with Gasteiger partial charge in [0, 0.05) is 12.6 Å². The van der Waals surface area contributed by atoms with E-state index in [-0.39, 0.29) is 23.4 Å². The monoisotopic (exact) mass is 535 g/mol. The van der Waals surface area contributed by atoms with Gasteiger partial charge in [-0.3, -0.25) is 13.9 Å². The topological polar surface area (TPSA) is 86.8 Å². The molecule has 3 rings (SSSR count). The second-order valence-corrected chi connectivity index (χ2v) is 11.5. The number of amides is 2. The van der Waals surface area contributed by atoms with E-state index in [1.54, 1.807) is 37.3 Å². The molecule has 0 aromatic heterocycles. The maximum atomic E-state index is 13.9. The summed E-state index contributed by atoms with van der Waals surface area (Å²) in [5, 5.41) is 2.94. The van der Waals surface area contributed by atoms with Crippen LogP contribution in [-0.2, 0) is 26.2 Å². The highest BCUT2D eigenvalue weighted by molar-refractivity contribution is 7.92. The zero-order chi connectivity index (χ0) is 27.9. The third-order valence-electron chi connectivity index (χ3n) is 6.75. The van der Waals surface area contributed by atoms with Crippen LogP contribution in [0.1, 0.15) is 43.9 Å². The first-order chi connectivity index (χ1) is 18.0. The Kier molecular flexibility index (Phi) is 9.69. The van der Waals surface area contributed by atoms with E-state index in [1.165, 1.54) is 17.0 Å². The van der Waals surface area contributed by atoms with Crippen molar-refractivity contribution in [1.82, 2.24) is 10.2 Å². The fourth-order valence-electron chi connectivity index (χ4n) is 3.96. The molecule has 3 aromatic rings. The van der Waals surface area contributed by atoms with E-state index in [1.807, 2.05) is 64.1 Å². The Labute approximate surface area is 226 Å². The fraction of sp³-hybridized carbons (Fsp3) is 0.333. The Hall–Kier alpha value is -3.65. The summed E-state index contributed by atoms with van der Waals surface area (Å²) in [5.41, 5.74) is 3.15. The number of sulfonamides is 1. The molecule has 2 unspecified atom stereocenters. The van der Waals surface area contributed by atoms with Crippen molar-refractivity contribution in [2.24, 2.45) is 0 Å². The zero-order valence-electron chi connectivity index (χ0n) is 22.7. The Morgan fingerprint density at radius 2 is 1.47 bits per heavy atom. The average molecular weight is 536 g/mol. The smallest absolute Gasteiger partial charge is 0.264 e. The number of anilines is 1. The molecule has 1 N–H and O–H groups in total. The summed E-state index contributed by atoms with van der Waals surface area (Å²) in [7, 11) is -4.07. The van der Waals surface area contributed by atoms with Gasteiger partial charge < -0.3 is 10.2 Å². The molecule has 0 heterocycles. The predicted octanol–water partition coefficient (Wildman–Crippen LogP) is 4.83. The maximum absolute atomic E-state index is 13.9. The lowest BCUT2D eigenvalue weighted by molar-refractivity contribution is -0.139. The highest BCUT2D eigenvalue weighted by Gasteiger charge is 2.32. The first-order valence-electron chi connectivity index (χ1n) is 12.8. The van der Waals surface area contributed by atoms with Gasteiger partial charge in [0.25, 0.3) is 10.0 Å². The van der Waals surface area contributed by atoms with Crippen LogP contribution < -0.4 is 9.62 Å². The lowest BCUT2D eigenvalue weighted by Crippen LogP contribution is -2.52.